The summed E-state index contributed by atoms with van der Waals surface area (Å²) in [5, 5.41) is 3.83. The van der Waals surface area contributed by atoms with Crippen LogP contribution in [0.1, 0.15) is 77.8 Å². The van der Waals surface area contributed by atoms with Gasteiger partial charge in [0.2, 0.25) is 0 Å². The summed E-state index contributed by atoms with van der Waals surface area (Å²) in [5.41, 5.74) is 11.4. The van der Waals surface area contributed by atoms with E-state index in [2.05, 4.69) is 147 Å². The predicted octanol–water partition coefficient (Wildman–Crippen LogP) is 13.2. The number of hydrogen-bond acceptors (Lipinski definition) is 5. The van der Waals surface area contributed by atoms with E-state index in [-0.39, 0.29) is 11.3 Å². The highest BCUT2D eigenvalue weighted by Gasteiger charge is 2.38. The largest absolute Gasteiger partial charge is 0.212 e. The van der Waals surface area contributed by atoms with Gasteiger partial charge in [-0.25, -0.2) is 15.0 Å². The molecular formula is C48H35N3S2. The van der Waals surface area contributed by atoms with Crippen LogP contribution in [0.15, 0.2) is 127 Å². The first-order valence-corrected chi connectivity index (χ1v) is 20.2. The van der Waals surface area contributed by atoms with Gasteiger partial charge in [-0.05, 0) is 81.8 Å². The summed E-state index contributed by atoms with van der Waals surface area (Å²) in [6, 6.07) is 39.8. The lowest BCUT2D eigenvalue weighted by atomic mass is 9.77. The molecule has 5 aromatic carbocycles. The van der Waals surface area contributed by atoms with Crippen molar-refractivity contribution < 1.29 is 0 Å². The molecule has 0 radical (unpaired) electrons. The molecule has 5 heteroatoms. The van der Waals surface area contributed by atoms with Gasteiger partial charge in [-0.2, -0.15) is 0 Å². The first-order valence-electron chi connectivity index (χ1n) is 18.5. The van der Waals surface area contributed by atoms with Crippen molar-refractivity contribution in [1.82, 2.24) is 15.0 Å². The number of fused-ring (bicyclic) bond motifs is 9. The topological polar surface area (TPSA) is 38.7 Å². The molecular weight excluding hydrogens is 683 g/mol. The normalized spacial score (nSPS) is 17.1. The standard InChI is InChI=1S/C48H35N3S2/c1-48(2)39-25-8-5-15-29(39)33-20-11-19-32(42(33)48)28-14-3-4-18-36(28)45-49-46(37-23-12-21-34-30-16-6-9-26-40(30)52-43(34)37)51-47(50-45)38-24-13-22-35-31-17-7-10-27-41(31)53-44(35)38/h4-13,15-23,25-27,38H,3,14,24H2,1-2H3. The first kappa shape index (κ1) is 31.1. The number of allylic oxidation sites excluding steroid dienone is 5. The van der Waals surface area contributed by atoms with Crippen molar-refractivity contribution in [1.29, 1.82) is 0 Å². The highest BCUT2D eigenvalue weighted by molar-refractivity contribution is 7.26. The van der Waals surface area contributed by atoms with Gasteiger partial charge in [-0.15, -0.1) is 22.7 Å². The van der Waals surface area contributed by atoms with Gasteiger partial charge in [0, 0.05) is 46.3 Å². The molecule has 53 heavy (non-hydrogen) atoms. The number of nitrogens with zero attached hydrogens (tertiary/aromatic N) is 3. The Balaban J connectivity index is 1.16. The fourth-order valence-corrected chi connectivity index (χ4v) is 11.6. The van der Waals surface area contributed by atoms with E-state index in [0.717, 1.165) is 47.9 Å². The van der Waals surface area contributed by atoms with Crippen molar-refractivity contribution in [3.05, 3.63) is 166 Å². The molecule has 3 aliphatic carbocycles. The Bertz CT molecular complexity index is 2920. The van der Waals surface area contributed by atoms with Crippen LogP contribution in [0.5, 0.6) is 0 Å². The zero-order valence-corrected chi connectivity index (χ0v) is 31.2. The van der Waals surface area contributed by atoms with E-state index in [4.69, 9.17) is 15.0 Å². The van der Waals surface area contributed by atoms with Crippen molar-refractivity contribution in [3.63, 3.8) is 0 Å². The minimum atomic E-state index is -0.125. The third-order valence-corrected chi connectivity index (χ3v) is 14.1. The second-order valence-corrected chi connectivity index (χ2v) is 17.1. The molecule has 1 atom stereocenters. The van der Waals surface area contributed by atoms with E-state index in [1.165, 1.54) is 74.1 Å². The average molecular weight is 718 g/mol. The molecule has 0 amide bonds. The molecule has 0 saturated carbocycles. The van der Waals surface area contributed by atoms with Crippen LogP contribution in [-0.2, 0) is 5.41 Å². The maximum absolute atomic E-state index is 5.49. The maximum atomic E-state index is 5.49. The zero-order chi connectivity index (χ0) is 35.3. The molecule has 3 aromatic heterocycles. The van der Waals surface area contributed by atoms with Crippen molar-refractivity contribution in [2.45, 2.75) is 44.4 Å². The smallest absolute Gasteiger partial charge is 0.165 e. The van der Waals surface area contributed by atoms with Crippen LogP contribution >= 0.6 is 22.7 Å². The summed E-state index contributed by atoms with van der Waals surface area (Å²) in [6.07, 6.45) is 12.0. The van der Waals surface area contributed by atoms with E-state index in [0.29, 0.717) is 0 Å². The summed E-state index contributed by atoms with van der Waals surface area (Å²) in [7, 11) is 0. The summed E-state index contributed by atoms with van der Waals surface area (Å²) >= 11 is 3.71. The van der Waals surface area contributed by atoms with Crippen molar-refractivity contribution in [2.75, 3.05) is 0 Å². The number of thiophene rings is 2. The predicted molar refractivity (Wildman–Crippen MR) is 225 cm³/mol. The van der Waals surface area contributed by atoms with Crippen molar-refractivity contribution in [2.24, 2.45) is 0 Å². The molecule has 0 N–H and O–H groups in total. The monoisotopic (exact) mass is 717 g/mol. The number of benzene rings is 5. The maximum Gasteiger partial charge on any atom is 0.165 e. The lowest BCUT2D eigenvalue weighted by Crippen LogP contribution is -2.18. The van der Waals surface area contributed by atoms with Crippen LogP contribution in [0, 0.1) is 0 Å². The highest BCUT2D eigenvalue weighted by Crippen LogP contribution is 2.53. The number of aromatic nitrogens is 3. The molecule has 0 fully saturated rings. The molecule has 0 aliphatic heterocycles. The lowest BCUT2D eigenvalue weighted by Gasteiger charge is -2.27. The fraction of sp³-hybridized carbons (Fsp3) is 0.146. The molecule has 0 saturated heterocycles. The summed E-state index contributed by atoms with van der Waals surface area (Å²) < 4.78 is 3.80. The minimum Gasteiger partial charge on any atom is -0.212 e. The minimum absolute atomic E-state index is 0.0422. The van der Waals surface area contributed by atoms with Gasteiger partial charge in [0.15, 0.2) is 11.6 Å². The second-order valence-electron chi connectivity index (χ2n) is 14.9. The number of rotatable bonds is 4. The molecule has 8 aromatic rings. The van der Waals surface area contributed by atoms with E-state index < -0.39 is 0 Å². The van der Waals surface area contributed by atoms with Gasteiger partial charge in [-0.3, -0.25) is 0 Å². The van der Waals surface area contributed by atoms with Crippen molar-refractivity contribution in [3.8, 4) is 22.5 Å². The molecule has 0 spiro atoms. The average Bonchev–Trinajstić information content (AvgIpc) is 3.86. The van der Waals surface area contributed by atoms with E-state index >= 15 is 0 Å². The SMILES string of the molecule is CC1(C)c2ccccc2-c2cccc(C3=C(c4nc(-c5cccc6c5sc5ccccc56)nc(C5CC=Cc6c5sc5ccccc65)n4)C=CCC3)c21. The van der Waals surface area contributed by atoms with E-state index in [1.54, 1.807) is 0 Å². The summed E-state index contributed by atoms with van der Waals surface area (Å²) in [4.78, 5) is 17.7. The molecule has 3 aliphatic rings. The quantitative estimate of drug-likeness (QED) is 0.182. The Morgan fingerprint density at radius 3 is 2.21 bits per heavy atom. The Hall–Kier alpha value is -5.49. The van der Waals surface area contributed by atoms with Crippen LogP contribution in [-0.4, -0.2) is 15.0 Å². The third kappa shape index (κ3) is 4.67. The van der Waals surface area contributed by atoms with E-state index in [9.17, 15) is 0 Å². The Morgan fingerprint density at radius 1 is 0.604 bits per heavy atom. The van der Waals surface area contributed by atoms with Gasteiger partial charge in [0.05, 0.1) is 5.92 Å². The molecule has 0 bridgehead atoms. The molecule has 3 nitrogen and oxygen atoms in total. The summed E-state index contributed by atoms with van der Waals surface area (Å²) in [5.74, 6) is 2.39. The lowest BCUT2D eigenvalue weighted by molar-refractivity contribution is 0.658. The van der Waals surface area contributed by atoms with Crippen LogP contribution in [0.3, 0.4) is 0 Å². The van der Waals surface area contributed by atoms with Crippen LogP contribution in [0.2, 0.25) is 0 Å². The fourth-order valence-electron chi connectivity index (χ4n) is 9.13. The van der Waals surface area contributed by atoms with E-state index in [1.807, 2.05) is 22.7 Å². The molecule has 1 unspecified atom stereocenters. The first-order chi connectivity index (χ1) is 26.0. The van der Waals surface area contributed by atoms with Crippen LogP contribution in [0.4, 0.5) is 0 Å². The number of hydrogen-bond donors (Lipinski definition) is 0. The molecule has 254 valence electrons. The Morgan fingerprint density at radius 2 is 1.30 bits per heavy atom. The highest BCUT2D eigenvalue weighted by atomic mass is 32.1. The van der Waals surface area contributed by atoms with Crippen LogP contribution in [0.25, 0.3) is 70.0 Å². The zero-order valence-electron chi connectivity index (χ0n) is 29.6. The van der Waals surface area contributed by atoms with Crippen LogP contribution < -0.4 is 0 Å². The summed E-state index contributed by atoms with van der Waals surface area (Å²) in [6.45, 7) is 4.76. The second kappa shape index (κ2) is 11.8. The van der Waals surface area contributed by atoms with Gasteiger partial charge >= 0.3 is 0 Å². The third-order valence-electron chi connectivity index (χ3n) is 11.6. The van der Waals surface area contributed by atoms with Gasteiger partial charge in [-0.1, -0.05) is 129 Å². The Kier molecular flexibility index (Phi) is 6.89. The molecule has 11 rings (SSSR count). The molecule has 3 heterocycles. The van der Waals surface area contributed by atoms with Gasteiger partial charge < -0.3 is 0 Å². The Labute approximate surface area is 316 Å². The van der Waals surface area contributed by atoms with Crippen molar-refractivity contribution >= 4 is 70.2 Å². The van der Waals surface area contributed by atoms with Gasteiger partial charge in [0.1, 0.15) is 5.82 Å². The van der Waals surface area contributed by atoms with Gasteiger partial charge in [0.25, 0.3) is 0 Å².